The highest BCUT2D eigenvalue weighted by atomic mass is 16.6. The molecule has 6 nitrogen and oxygen atoms in total. The molecule has 6 heteroatoms. The third kappa shape index (κ3) is 68.7. The molecule has 476 valence electrons. The van der Waals surface area contributed by atoms with E-state index in [9.17, 15) is 14.4 Å². The Morgan fingerprint density at radius 1 is 0.253 bits per heavy atom. The average Bonchev–Trinajstić information content (AvgIpc) is 3.49. The molecule has 0 rings (SSSR count). The Bertz CT molecular complexity index is 1660. The van der Waals surface area contributed by atoms with E-state index in [1.54, 1.807) is 0 Å². The van der Waals surface area contributed by atoms with Crippen molar-refractivity contribution in [3.05, 3.63) is 109 Å². The topological polar surface area (TPSA) is 78.9 Å². The summed E-state index contributed by atoms with van der Waals surface area (Å²) in [5.74, 6) is -0.979. The lowest BCUT2D eigenvalue weighted by molar-refractivity contribution is -0.166. The number of carbonyl (C=O) groups excluding carboxylic acids is 3. The first-order chi connectivity index (χ1) is 41.0. The summed E-state index contributed by atoms with van der Waals surface area (Å²) in [6.45, 7) is 6.38. The van der Waals surface area contributed by atoms with Crippen molar-refractivity contribution in [2.75, 3.05) is 13.2 Å². The van der Waals surface area contributed by atoms with Gasteiger partial charge < -0.3 is 14.2 Å². The van der Waals surface area contributed by atoms with Crippen LogP contribution in [0.2, 0.25) is 0 Å². The van der Waals surface area contributed by atoms with Crippen molar-refractivity contribution in [3.63, 3.8) is 0 Å². The number of unbranched alkanes of at least 4 members (excludes halogenated alkanes) is 35. The fourth-order valence-electron chi connectivity index (χ4n) is 10.1. The molecular weight excluding hydrogens is 1020 g/mol. The highest BCUT2D eigenvalue weighted by Gasteiger charge is 2.19. The van der Waals surface area contributed by atoms with Gasteiger partial charge in [0, 0.05) is 19.3 Å². The van der Waals surface area contributed by atoms with E-state index in [-0.39, 0.29) is 37.5 Å². The fraction of sp³-hybridized carbons (Fsp3) is 0.727. The highest BCUT2D eigenvalue weighted by molar-refractivity contribution is 5.71. The number of hydrogen-bond acceptors (Lipinski definition) is 6. The smallest absolute Gasteiger partial charge is 0.306 e. The zero-order valence-electron chi connectivity index (χ0n) is 54.7. The van der Waals surface area contributed by atoms with E-state index in [1.807, 2.05) is 6.08 Å². The monoisotopic (exact) mass is 1150 g/mol. The Labute approximate surface area is 514 Å². The molecule has 0 aliphatic carbocycles. The van der Waals surface area contributed by atoms with Crippen molar-refractivity contribution in [3.8, 4) is 0 Å². The van der Waals surface area contributed by atoms with Gasteiger partial charge in [-0.25, -0.2) is 0 Å². The van der Waals surface area contributed by atoms with Gasteiger partial charge in [-0.1, -0.05) is 342 Å². The molecule has 0 N–H and O–H groups in total. The molecule has 0 saturated heterocycles. The van der Waals surface area contributed by atoms with Crippen LogP contribution in [-0.2, 0) is 28.6 Å². The van der Waals surface area contributed by atoms with Gasteiger partial charge in [-0.3, -0.25) is 14.4 Å². The maximum absolute atomic E-state index is 12.9. The number of esters is 3. The minimum absolute atomic E-state index is 0.101. The van der Waals surface area contributed by atoms with Crippen molar-refractivity contribution in [1.29, 1.82) is 0 Å². The summed E-state index contributed by atoms with van der Waals surface area (Å²) in [6, 6.07) is 0. The number of hydrogen-bond donors (Lipinski definition) is 0. The first kappa shape index (κ1) is 79.1. The normalized spacial score (nSPS) is 12.8. The van der Waals surface area contributed by atoms with E-state index in [1.165, 1.54) is 193 Å². The molecule has 0 heterocycles. The third-order valence-electron chi connectivity index (χ3n) is 15.3. The van der Waals surface area contributed by atoms with Gasteiger partial charge in [-0.05, 0) is 89.9 Å². The maximum atomic E-state index is 12.9. The van der Waals surface area contributed by atoms with Crippen LogP contribution in [0.5, 0.6) is 0 Å². The van der Waals surface area contributed by atoms with Crippen LogP contribution in [0, 0.1) is 0 Å². The van der Waals surface area contributed by atoms with Gasteiger partial charge in [0.25, 0.3) is 0 Å². The molecule has 0 aromatic heterocycles. The van der Waals surface area contributed by atoms with Crippen molar-refractivity contribution >= 4 is 17.9 Å². The lowest BCUT2D eigenvalue weighted by Crippen LogP contribution is -2.30. The van der Waals surface area contributed by atoms with Gasteiger partial charge in [-0.2, -0.15) is 0 Å². The van der Waals surface area contributed by atoms with Crippen molar-refractivity contribution < 1.29 is 28.6 Å². The van der Waals surface area contributed by atoms with Crippen molar-refractivity contribution in [2.45, 2.75) is 348 Å². The minimum atomic E-state index is -0.812. The predicted molar refractivity (Wildman–Crippen MR) is 362 cm³/mol. The maximum Gasteiger partial charge on any atom is 0.306 e. The molecule has 0 fully saturated rings. The van der Waals surface area contributed by atoms with Gasteiger partial charge in [0.2, 0.25) is 0 Å². The van der Waals surface area contributed by atoms with Crippen LogP contribution in [0.4, 0.5) is 0 Å². The minimum Gasteiger partial charge on any atom is -0.462 e. The van der Waals surface area contributed by atoms with Crippen LogP contribution in [0.1, 0.15) is 342 Å². The van der Waals surface area contributed by atoms with E-state index in [4.69, 9.17) is 14.2 Å². The standard InChI is InChI=1S/C77H132O6/c1-4-7-10-13-16-19-22-25-27-29-31-33-35-37-38-40-41-43-45-47-49-52-55-58-61-64-67-70-76(79)82-73-74(72-81-75(78)69-66-63-60-57-54-51-24-21-18-15-12-9-6-3)83-77(80)71-68-65-62-59-56-53-50-48-46-44-42-39-36-34-32-30-28-26-23-20-17-14-11-8-5-2/h8-9,11-12,17-18,20-21,26,28,32,34,39,42,51,54,60,63,74H,4-7,10,13-16,19,22-25,27,29-31,33,35-38,40-41,43-50,52-53,55-59,61-62,64-73H2,1-3H3/b11-8-,12-9-,20-17-,21-18-,28-26-,34-32-,42-39-,54-51-,63-60-. The lowest BCUT2D eigenvalue weighted by Gasteiger charge is -2.18. The molecule has 83 heavy (non-hydrogen) atoms. The Balaban J connectivity index is 4.29. The number of carbonyl (C=O) groups is 3. The third-order valence-corrected chi connectivity index (χ3v) is 15.3. The summed E-state index contributed by atoms with van der Waals surface area (Å²) in [4.78, 5) is 38.4. The molecule has 0 radical (unpaired) electrons. The van der Waals surface area contributed by atoms with Crippen LogP contribution in [-0.4, -0.2) is 37.2 Å². The Morgan fingerprint density at radius 3 is 0.807 bits per heavy atom. The van der Waals surface area contributed by atoms with Crippen LogP contribution < -0.4 is 0 Å². The van der Waals surface area contributed by atoms with E-state index in [0.29, 0.717) is 19.3 Å². The van der Waals surface area contributed by atoms with E-state index < -0.39 is 6.10 Å². The molecule has 0 saturated carbocycles. The average molecular weight is 1150 g/mol. The summed E-state index contributed by atoms with van der Waals surface area (Å²) in [6.07, 6.45) is 97.2. The predicted octanol–water partition coefficient (Wildman–Crippen LogP) is 24.6. The SMILES string of the molecule is CC/C=C\C/C=C\C/C=C\C/C=C\C/C=C\CCCCCCCCCCCC(=O)OC(COC(=O)CC/C=C\C/C=C\C/C=C\C/C=C\CC)COC(=O)CCCCCCCCCCCCCCCCCCCCCCCCCCCCC. The van der Waals surface area contributed by atoms with Crippen LogP contribution in [0.25, 0.3) is 0 Å². The molecule has 0 bridgehead atoms. The zero-order chi connectivity index (χ0) is 59.9. The summed E-state index contributed by atoms with van der Waals surface area (Å²) >= 11 is 0. The largest absolute Gasteiger partial charge is 0.462 e. The van der Waals surface area contributed by atoms with Gasteiger partial charge in [0.1, 0.15) is 13.2 Å². The van der Waals surface area contributed by atoms with Crippen molar-refractivity contribution in [1.82, 2.24) is 0 Å². The van der Waals surface area contributed by atoms with E-state index in [0.717, 1.165) is 103 Å². The molecule has 1 atom stereocenters. The highest BCUT2D eigenvalue weighted by Crippen LogP contribution is 2.18. The molecule has 0 spiro atoms. The number of rotatable bonds is 64. The van der Waals surface area contributed by atoms with E-state index in [2.05, 4.69) is 124 Å². The molecule has 0 aromatic carbocycles. The van der Waals surface area contributed by atoms with Gasteiger partial charge in [0.15, 0.2) is 6.10 Å². The van der Waals surface area contributed by atoms with Crippen LogP contribution >= 0.6 is 0 Å². The lowest BCUT2D eigenvalue weighted by atomic mass is 10.0. The van der Waals surface area contributed by atoms with Gasteiger partial charge >= 0.3 is 17.9 Å². The van der Waals surface area contributed by atoms with Crippen LogP contribution in [0.3, 0.4) is 0 Å². The molecule has 0 aliphatic heterocycles. The van der Waals surface area contributed by atoms with Crippen molar-refractivity contribution in [2.24, 2.45) is 0 Å². The molecular formula is C77H132O6. The quantitative estimate of drug-likeness (QED) is 0.0261. The Hall–Kier alpha value is -3.93. The van der Waals surface area contributed by atoms with Crippen LogP contribution in [0.15, 0.2) is 109 Å². The summed E-state index contributed by atoms with van der Waals surface area (Å²) in [5.41, 5.74) is 0. The second-order valence-corrected chi connectivity index (χ2v) is 23.4. The second kappa shape index (κ2) is 70.6. The Morgan fingerprint density at radius 2 is 0.494 bits per heavy atom. The summed E-state index contributed by atoms with van der Waals surface area (Å²) in [7, 11) is 0. The number of allylic oxidation sites excluding steroid dienone is 18. The molecule has 0 aliphatic rings. The van der Waals surface area contributed by atoms with Gasteiger partial charge in [0.05, 0.1) is 0 Å². The summed E-state index contributed by atoms with van der Waals surface area (Å²) < 4.78 is 16.9. The fourth-order valence-corrected chi connectivity index (χ4v) is 10.1. The number of ether oxygens (including phenoxy) is 3. The zero-order valence-corrected chi connectivity index (χ0v) is 54.7. The summed E-state index contributed by atoms with van der Waals surface area (Å²) in [5, 5.41) is 0. The van der Waals surface area contributed by atoms with E-state index >= 15 is 0 Å². The van der Waals surface area contributed by atoms with Gasteiger partial charge in [-0.15, -0.1) is 0 Å². The Kier molecular flexibility index (Phi) is 67.2. The molecule has 1 unspecified atom stereocenters. The molecule has 0 amide bonds. The second-order valence-electron chi connectivity index (χ2n) is 23.4. The first-order valence-electron chi connectivity index (χ1n) is 35.4. The molecule has 0 aromatic rings. The first-order valence-corrected chi connectivity index (χ1v) is 35.4.